The van der Waals surface area contributed by atoms with Gasteiger partial charge in [0.15, 0.2) is 0 Å². The SMILES string of the molecule is Oc1cccc2nccnc12.Oc1cccc2nccnc12.Oc1cccc2nccnc12.[Ga]. The van der Waals surface area contributed by atoms with Crippen molar-refractivity contribution in [1.29, 1.82) is 0 Å². The number of rotatable bonds is 0. The van der Waals surface area contributed by atoms with Gasteiger partial charge in [0.05, 0.1) is 16.6 Å². The second-order valence-electron chi connectivity index (χ2n) is 6.60. The quantitative estimate of drug-likeness (QED) is 0.263. The number of hydrogen-bond donors (Lipinski definition) is 3. The average Bonchev–Trinajstić information content (AvgIpc) is 2.86. The molecule has 0 saturated carbocycles. The molecule has 6 aromatic rings. The van der Waals surface area contributed by atoms with E-state index in [2.05, 4.69) is 29.9 Å². The van der Waals surface area contributed by atoms with Crippen molar-refractivity contribution < 1.29 is 15.3 Å². The van der Waals surface area contributed by atoms with Crippen LogP contribution in [-0.2, 0) is 0 Å². The number of benzene rings is 3. The molecule has 0 bridgehead atoms. The minimum Gasteiger partial charge on any atom is -0.506 e. The molecule has 10 heteroatoms. The molecule has 3 aromatic heterocycles. The Bertz CT molecular complexity index is 1330. The number of phenolic OH excluding ortho intramolecular Hbond substituents is 3. The van der Waals surface area contributed by atoms with E-state index in [4.69, 9.17) is 0 Å². The summed E-state index contributed by atoms with van der Waals surface area (Å²) in [6.07, 6.45) is 9.47. The number of aromatic nitrogens is 6. The number of aromatic hydroxyl groups is 3. The van der Waals surface area contributed by atoms with Gasteiger partial charge in [-0.15, -0.1) is 0 Å². The Morgan fingerprint density at radius 2 is 0.647 bits per heavy atom. The molecular formula is C24H18GaN6O3. The zero-order chi connectivity index (χ0) is 23.0. The summed E-state index contributed by atoms with van der Waals surface area (Å²) in [4.78, 5) is 24.0. The van der Waals surface area contributed by atoms with Crippen molar-refractivity contribution in [3.63, 3.8) is 0 Å². The predicted molar refractivity (Wildman–Crippen MR) is 129 cm³/mol. The second kappa shape index (κ2) is 11.5. The maximum absolute atomic E-state index is 9.27. The van der Waals surface area contributed by atoms with Crippen LogP contribution < -0.4 is 0 Å². The summed E-state index contributed by atoms with van der Waals surface area (Å²) in [5.74, 6) is 0.529. The van der Waals surface area contributed by atoms with Crippen LogP contribution in [0.5, 0.6) is 17.2 Å². The first-order chi connectivity index (χ1) is 16.1. The van der Waals surface area contributed by atoms with E-state index in [9.17, 15) is 15.3 Å². The molecule has 0 aliphatic rings. The molecule has 34 heavy (non-hydrogen) atoms. The van der Waals surface area contributed by atoms with E-state index in [1.165, 1.54) is 0 Å². The molecule has 0 aliphatic carbocycles. The fourth-order valence-corrected chi connectivity index (χ4v) is 2.93. The van der Waals surface area contributed by atoms with Crippen LogP contribution >= 0.6 is 0 Å². The third-order valence-electron chi connectivity index (χ3n) is 4.43. The number of hydrogen-bond acceptors (Lipinski definition) is 9. The first-order valence-electron chi connectivity index (χ1n) is 9.79. The molecule has 3 aromatic carbocycles. The fraction of sp³-hybridized carbons (Fsp3) is 0. The minimum absolute atomic E-state index is 0. The van der Waals surface area contributed by atoms with Crippen molar-refractivity contribution >= 4 is 52.9 Å². The number of fused-ring (bicyclic) bond motifs is 3. The van der Waals surface area contributed by atoms with E-state index in [0.29, 0.717) is 33.1 Å². The molecule has 3 heterocycles. The maximum Gasteiger partial charge on any atom is 0.143 e. The van der Waals surface area contributed by atoms with Gasteiger partial charge in [-0.3, -0.25) is 15.0 Å². The van der Waals surface area contributed by atoms with Crippen molar-refractivity contribution in [3.05, 3.63) is 91.8 Å². The average molecular weight is 508 g/mol. The molecule has 0 spiro atoms. The number of phenols is 3. The summed E-state index contributed by atoms with van der Waals surface area (Å²) < 4.78 is 0. The predicted octanol–water partition coefficient (Wildman–Crippen LogP) is 3.63. The van der Waals surface area contributed by atoms with Crippen molar-refractivity contribution in [2.24, 2.45) is 0 Å². The second-order valence-corrected chi connectivity index (χ2v) is 6.60. The monoisotopic (exact) mass is 507 g/mol. The van der Waals surface area contributed by atoms with Gasteiger partial charge in [0.25, 0.3) is 0 Å². The zero-order valence-electron chi connectivity index (χ0n) is 17.8. The van der Waals surface area contributed by atoms with Crippen molar-refractivity contribution in [1.82, 2.24) is 29.9 Å². The molecule has 3 N–H and O–H groups in total. The van der Waals surface area contributed by atoms with E-state index in [0.717, 1.165) is 0 Å². The first kappa shape index (κ1) is 24.4. The van der Waals surface area contributed by atoms with E-state index < -0.39 is 0 Å². The Morgan fingerprint density at radius 3 is 0.912 bits per heavy atom. The third kappa shape index (κ3) is 5.74. The van der Waals surface area contributed by atoms with Gasteiger partial charge in [-0.1, -0.05) is 18.2 Å². The molecule has 6 rings (SSSR count). The normalized spacial score (nSPS) is 9.88. The van der Waals surface area contributed by atoms with Crippen molar-refractivity contribution in [2.45, 2.75) is 0 Å². The van der Waals surface area contributed by atoms with E-state index in [1.807, 2.05) is 18.2 Å². The van der Waals surface area contributed by atoms with E-state index >= 15 is 0 Å². The summed E-state index contributed by atoms with van der Waals surface area (Å²) in [7, 11) is 0. The molecular weight excluding hydrogens is 490 g/mol. The van der Waals surface area contributed by atoms with Crippen molar-refractivity contribution in [2.75, 3.05) is 0 Å². The van der Waals surface area contributed by atoms with Gasteiger partial charge < -0.3 is 15.3 Å². The summed E-state index contributed by atoms with van der Waals surface area (Å²) in [5, 5.41) is 27.8. The maximum atomic E-state index is 9.27. The Labute approximate surface area is 206 Å². The summed E-state index contributed by atoms with van der Waals surface area (Å²) >= 11 is 0. The molecule has 0 amide bonds. The van der Waals surface area contributed by atoms with E-state index in [-0.39, 0.29) is 37.0 Å². The van der Waals surface area contributed by atoms with Gasteiger partial charge >= 0.3 is 0 Å². The van der Waals surface area contributed by atoms with Crippen LogP contribution in [0.1, 0.15) is 0 Å². The van der Waals surface area contributed by atoms with Gasteiger partial charge in [-0.2, -0.15) is 0 Å². The molecule has 0 saturated heterocycles. The number of nitrogens with zero attached hydrogens (tertiary/aromatic N) is 6. The Hall–Kier alpha value is -4.28. The van der Waals surface area contributed by atoms with Crippen LogP contribution in [-0.4, -0.2) is 65.0 Å². The molecule has 0 fully saturated rings. The minimum atomic E-state index is 0. The first-order valence-corrected chi connectivity index (χ1v) is 9.79. The largest absolute Gasteiger partial charge is 0.506 e. The standard InChI is InChI=1S/3C8H6N2O.Ga/c3*11-7-3-1-2-6-8(7)10-5-4-9-6;/h3*1-5,11H;. The summed E-state index contributed by atoms with van der Waals surface area (Å²) in [6.45, 7) is 0. The topological polar surface area (TPSA) is 138 Å². The zero-order valence-corrected chi connectivity index (χ0v) is 20.2. The number of para-hydroxylation sites is 3. The molecule has 0 unspecified atom stereocenters. The van der Waals surface area contributed by atoms with Crippen molar-refractivity contribution in [3.8, 4) is 17.2 Å². The Balaban J connectivity index is 0.000000141. The Morgan fingerprint density at radius 1 is 0.382 bits per heavy atom. The van der Waals surface area contributed by atoms with Crippen LogP contribution in [0.15, 0.2) is 91.8 Å². The van der Waals surface area contributed by atoms with Crippen LogP contribution in [0.25, 0.3) is 33.1 Å². The van der Waals surface area contributed by atoms with Gasteiger partial charge in [-0.25, -0.2) is 15.0 Å². The summed E-state index contributed by atoms with van der Waals surface area (Å²) in [6, 6.07) is 15.4. The summed E-state index contributed by atoms with van der Waals surface area (Å²) in [5.41, 5.74) is 3.80. The van der Waals surface area contributed by atoms with Crippen LogP contribution in [0.3, 0.4) is 0 Å². The molecule has 165 valence electrons. The van der Waals surface area contributed by atoms with Gasteiger partial charge in [0.1, 0.15) is 33.8 Å². The van der Waals surface area contributed by atoms with Crippen LogP contribution in [0.4, 0.5) is 0 Å². The molecule has 3 radical (unpaired) electrons. The third-order valence-corrected chi connectivity index (χ3v) is 4.43. The van der Waals surface area contributed by atoms with Gasteiger partial charge in [-0.05, 0) is 36.4 Å². The van der Waals surface area contributed by atoms with Crippen LogP contribution in [0.2, 0.25) is 0 Å². The smallest absolute Gasteiger partial charge is 0.143 e. The van der Waals surface area contributed by atoms with Gasteiger partial charge in [0, 0.05) is 57.0 Å². The molecule has 0 aliphatic heterocycles. The molecule has 0 atom stereocenters. The van der Waals surface area contributed by atoms with E-state index in [1.54, 1.807) is 73.6 Å². The fourth-order valence-electron chi connectivity index (χ4n) is 2.93. The molecule has 9 nitrogen and oxygen atoms in total. The Kier molecular flexibility index (Phi) is 8.27. The van der Waals surface area contributed by atoms with Crippen LogP contribution in [0, 0.1) is 0 Å². The van der Waals surface area contributed by atoms with Gasteiger partial charge in [0.2, 0.25) is 0 Å².